The number of hydrogen-bond acceptors (Lipinski definition) is 4. The first-order valence-corrected chi connectivity index (χ1v) is 8.04. The molecule has 130 valence electrons. The number of esters is 1. The molecule has 2 aromatic carbocycles. The molecule has 0 bridgehead atoms. The van der Waals surface area contributed by atoms with E-state index in [1.165, 1.54) is 13.2 Å². The average molecular weight is 339 g/mol. The van der Waals surface area contributed by atoms with Crippen LogP contribution in [0.4, 0.5) is 5.69 Å². The third kappa shape index (κ3) is 5.21. The Morgan fingerprint density at radius 2 is 1.80 bits per heavy atom. The molecule has 1 amide bonds. The summed E-state index contributed by atoms with van der Waals surface area (Å²) in [7, 11) is 1.30. The zero-order valence-electron chi connectivity index (χ0n) is 14.3. The average Bonchev–Trinajstić information content (AvgIpc) is 2.65. The summed E-state index contributed by atoms with van der Waals surface area (Å²) in [6, 6.07) is 14.2. The van der Waals surface area contributed by atoms with Crippen molar-refractivity contribution >= 4 is 23.6 Å². The first kappa shape index (κ1) is 18.3. The van der Waals surface area contributed by atoms with Crippen LogP contribution in [-0.4, -0.2) is 25.6 Å². The van der Waals surface area contributed by atoms with Crippen molar-refractivity contribution in [3.05, 3.63) is 65.7 Å². The monoisotopic (exact) mass is 339 g/mol. The fraction of sp³-hybridized carbons (Fsp3) is 0.200. The minimum absolute atomic E-state index is 0.304. The molecular formula is C20H21NO4. The van der Waals surface area contributed by atoms with Gasteiger partial charge in [-0.3, -0.25) is 4.79 Å². The number of hydrogen-bond donors (Lipinski definition) is 1. The van der Waals surface area contributed by atoms with Crippen LogP contribution >= 0.6 is 0 Å². The van der Waals surface area contributed by atoms with Crippen molar-refractivity contribution in [2.75, 3.05) is 19.0 Å². The van der Waals surface area contributed by atoms with Gasteiger partial charge in [0.15, 0.2) is 0 Å². The second-order valence-corrected chi connectivity index (χ2v) is 5.25. The topological polar surface area (TPSA) is 64.6 Å². The molecule has 0 aromatic heterocycles. The lowest BCUT2D eigenvalue weighted by Gasteiger charge is -2.09. The summed E-state index contributed by atoms with van der Waals surface area (Å²) in [5, 5.41) is 2.69. The van der Waals surface area contributed by atoms with Gasteiger partial charge < -0.3 is 14.8 Å². The van der Waals surface area contributed by atoms with Gasteiger partial charge in [0.25, 0.3) is 0 Å². The molecule has 1 N–H and O–H groups in total. The Morgan fingerprint density at radius 1 is 1.08 bits per heavy atom. The number of methoxy groups -OCH3 is 1. The number of ether oxygens (including phenoxy) is 2. The highest BCUT2D eigenvalue weighted by atomic mass is 16.5. The second-order valence-electron chi connectivity index (χ2n) is 5.25. The summed E-state index contributed by atoms with van der Waals surface area (Å²) in [5.41, 5.74) is 1.52. The fourth-order valence-electron chi connectivity index (χ4n) is 2.18. The fourth-order valence-corrected chi connectivity index (χ4v) is 2.18. The van der Waals surface area contributed by atoms with Gasteiger partial charge in [-0.2, -0.15) is 0 Å². The van der Waals surface area contributed by atoms with Gasteiger partial charge in [-0.05, 0) is 30.7 Å². The van der Waals surface area contributed by atoms with Crippen LogP contribution in [-0.2, 0) is 9.53 Å². The van der Waals surface area contributed by atoms with E-state index in [1.807, 2.05) is 31.2 Å². The highest BCUT2D eigenvalue weighted by Gasteiger charge is 2.12. The molecule has 0 saturated carbocycles. The Labute approximate surface area is 147 Å². The van der Waals surface area contributed by atoms with Crippen molar-refractivity contribution in [1.29, 1.82) is 0 Å². The number of benzene rings is 2. The van der Waals surface area contributed by atoms with Crippen molar-refractivity contribution in [2.45, 2.75) is 13.3 Å². The normalized spacial score (nSPS) is 10.5. The van der Waals surface area contributed by atoms with E-state index in [-0.39, 0.29) is 5.91 Å². The van der Waals surface area contributed by atoms with Gasteiger partial charge in [0.2, 0.25) is 5.91 Å². The van der Waals surface area contributed by atoms with Crippen LogP contribution in [0.5, 0.6) is 5.75 Å². The van der Waals surface area contributed by atoms with E-state index in [4.69, 9.17) is 9.47 Å². The Bertz CT molecular complexity index is 768. The molecule has 5 heteroatoms. The lowest BCUT2D eigenvalue weighted by molar-refractivity contribution is -0.111. The molecular weight excluding hydrogens is 318 g/mol. The number of anilines is 1. The van der Waals surface area contributed by atoms with E-state index in [0.29, 0.717) is 17.9 Å². The lowest BCUT2D eigenvalue weighted by Crippen LogP contribution is -2.12. The SMILES string of the molecule is CCCOc1ccccc1/C=C/C(=O)Nc1ccccc1C(=O)OC. The maximum atomic E-state index is 12.2. The maximum Gasteiger partial charge on any atom is 0.339 e. The summed E-state index contributed by atoms with van der Waals surface area (Å²) in [6.07, 6.45) is 3.99. The quantitative estimate of drug-likeness (QED) is 0.613. The Morgan fingerprint density at radius 3 is 2.56 bits per heavy atom. The van der Waals surface area contributed by atoms with Crippen molar-refractivity contribution in [1.82, 2.24) is 0 Å². The zero-order chi connectivity index (χ0) is 18.1. The van der Waals surface area contributed by atoms with E-state index in [0.717, 1.165) is 17.7 Å². The standard InChI is InChI=1S/C20H21NO4/c1-3-14-25-18-11-7-4-8-15(18)12-13-19(22)21-17-10-6-5-9-16(17)20(23)24-2/h4-13H,3,14H2,1-2H3,(H,21,22)/b13-12+. The van der Waals surface area contributed by atoms with Gasteiger partial charge in [-0.15, -0.1) is 0 Å². The van der Waals surface area contributed by atoms with Crippen LogP contribution in [0.15, 0.2) is 54.6 Å². The highest BCUT2D eigenvalue weighted by molar-refractivity contribution is 6.06. The third-order valence-electron chi connectivity index (χ3n) is 3.39. The summed E-state index contributed by atoms with van der Waals surface area (Å²) in [6.45, 7) is 2.65. The van der Waals surface area contributed by atoms with Gasteiger partial charge in [0.1, 0.15) is 5.75 Å². The predicted molar refractivity (Wildman–Crippen MR) is 97.7 cm³/mol. The highest BCUT2D eigenvalue weighted by Crippen LogP contribution is 2.20. The smallest absolute Gasteiger partial charge is 0.339 e. The van der Waals surface area contributed by atoms with E-state index >= 15 is 0 Å². The molecule has 5 nitrogen and oxygen atoms in total. The summed E-state index contributed by atoms with van der Waals surface area (Å²) in [4.78, 5) is 23.9. The Kier molecular flexibility index (Phi) is 6.77. The molecule has 0 unspecified atom stereocenters. The van der Waals surface area contributed by atoms with Crippen LogP contribution in [0.25, 0.3) is 6.08 Å². The van der Waals surface area contributed by atoms with Crippen molar-refractivity contribution in [2.24, 2.45) is 0 Å². The number of carbonyl (C=O) groups excluding carboxylic acids is 2. The number of carbonyl (C=O) groups is 2. The molecule has 0 heterocycles. The largest absolute Gasteiger partial charge is 0.493 e. The van der Waals surface area contributed by atoms with Gasteiger partial charge in [0.05, 0.1) is 25.0 Å². The van der Waals surface area contributed by atoms with Crippen LogP contribution in [0.2, 0.25) is 0 Å². The number of rotatable bonds is 7. The molecule has 2 aromatic rings. The number of amides is 1. The van der Waals surface area contributed by atoms with Gasteiger partial charge in [-0.25, -0.2) is 4.79 Å². The zero-order valence-corrected chi connectivity index (χ0v) is 14.3. The van der Waals surface area contributed by atoms with E-state index in [1.54, 1.807) is 30.3 Å². The molecule has 0 atom stereocenters. The summed E-state index contributed by atoms with van der Waals surface area (Å²) < 4.78 is 10.4. The molecule has 0 aliphatic rings. The molecule has 0 spiro atoms. The van der Waals surface area contributed by atoms with Crippen LogP contribution in [0.3, 0.4) is 0 Å². The predicted octanol–water partition coefficient (Wildman–Crippen LogP) is 3.91. The third-order valence-corrected chi connectivity index (χ3v) is 3.39. The van der Waals surface area contributed by atoms with Crippen LogP contribution in [0, 0.1) is 0 Å². The number of nitrogens with one attached hydrogen (secondary N) is 1. The van der Waals surface area contributed by atoms with Gasteiger partial charge in [-0.1, -0.05) is 37.3 Å². The Hall–Kier alpha value is -3.08. The molecule has 2 rings (SSSR count). The van der Waals surface area contributed by atoms with Crippen LogP contribution < -0.4 is 10.1 Å². The Balaban J connectivity index is 2.11. The maximum absolute atomic E-state index is 12.2. The second kappa shape index (κ2) is 9.27. The summed E-state index contributed by atoms with van der Waals surface area (Å²) in [5.74, 6) is -0.122. The molecule has 0 saturated heterocycles. The molecule has 0 fully saturated rings. The van der Waals surface area contributed by atoms with Crippen molar-refractivity contribution < 1.29 is 19.1 Å². The minimum atomic E-state index is -0.502. The first-order chi connectivity index (χ1) is 12.2. The first-order valence-electron chi connectivity index (χ1n) is 8.04. The molecule has 0 aliphatic heterocycles. The minimum Gasteiger partial charge on any atom is -0.493 e. The number of para-hydroxylation sites is 2. The van der Waals surface area contributed by atoms with E-state index < -0.39 is 5.97 Å². The molecule has 0 aliphatic carbocycles. The molecule has 0 radical (unpaired) electrons. The van der Waals surface area contributed by atoms with Crippen molar-refractivity contribution in [3.8, 4) is 5.75 Å². The molecule has 25 heavy (non-hydrogen) atoms. The van der Waals surface area contributed by atoms with Gasteiger partial charge >= 0.3 is 5.97 Å². The lowest BCUT2D eigenvalue weighted by atomic mass is 10.1. The van der Waals surface area contributed by atoms with E-state index in [9.17, 15) is 9.59 Å². The van der Waals surface area contributed by atoms with Crippen molar-refractivity contribution in [3.63, 3.8) is 0 Å². The van der Waals surface area contributed by atoms with Crippen LogP contribution in [0.1, 0.15) is 29.3 Å². The van der Waals surface area contributed by atoms with Gasteiger partial charge in [0, 0.05) is 11.6 Å². The summed E-state index contributed by atoms with van der Waals surface area (Å²) >= 11 is 0. The van der Waals surface area contributed by atoms with E-state index in [2.05, 4.69) is 5.32 Å².